The standard InChI is InChI=1S/C24H25N5O2/c1-14-7-5-11-19(15(14)2)29-22(25)20(24(30)26-13-16-8-6-12-31-16)21-23(29)28-18-10-4-3-9-17(18)27-21/h3-5,7,9-11,16H,6,8,12-13,25H2,1-2H3,(H,26,30)/t16-/m1/s1. The number of amides is 1. The Hall–Kier alpha value is -3.45. The van der Waals surface area contributed by atoms with Crippen LogP contribution in [0.25, 0.3) is 27.9 Å². The van der Waals surface area contributed by atoms with Gasteiger partial charge in [0.25, 0.3) is 5.91 Å². The van der Waals surface area contributed by atoms with Gasteiger partial charge in [-0.1, -0.05) is 24.3 Å². The molecule has 7 nitrogen and oxygen atoms in total. The molecular weight excluding hydrogens is 390 g/mol. The molecule has 0 radical (unpaired) electrons. The van der Waals surface area contributed by atoms with Crippen molar-refractivity contribution in [3.05, 3.63) is 59.2 Å². The fourth-order valence-corrected chi connectivity index (χ4v) is 4.21. The Bertz CT molecular complexity index is 1300. The number of carbonyl (C=O) groups is 1. The van der Waals surface area contributed by atoms with Gasteiger partial charge in [-0.3, -0.25) is 9.36 Å². The first kappa shape index (κ1) is 19.5. The van der Waals surface area contributed by atoms with E-state index in [-0.39, 0.29) is 12.0 Å². The van der Waals surface area contributed by atoms with Gasteiger partial charge in [0.1, 0.15) is 16.9 Å². The molecule has 1 saturated heterocycles. The number of aryl methyl sites for hydroxylation is 1. The number of nitrogens with two attached hydrogens (primary N) is 1. The number of nitrogens with zero attached hydrogens (tertiary/aromatic N) is 3. The number of nitrogens with one attached hydrogen (secondary N) is 1. The van der Waals surface area contributed by atoms with Crippen molar-refractivity contribution in [2.24, 2.45) is 0 Å². The molecule has 2 aromatic carbocycles. The molecule has 2 aromatic heterocycles. The fourth-order valence-electron chi connectivity index (χ4n) is 4.21. The highest BCUT2D eigenvalue weighted by Crippen LogP contribution is 2.32. The Kier molecular flexibility index (Phi) is 4.82. The highest BCUT2D eigenvalue weighted by Gasteiger charge is 2.26. The van der Waals surface area contributed by atoms with Crippen molar-refractivity contribution in [2.75, 3.05) is 18.9 Å². The monoisotopic (exact) mass is 415 g/mol. The molecule has 7 heteroatoms. The molecule has 0 aliphatic carbocycles. The summed E-state index contributed by atoms with van der Waals surface area (Å²) in [5.41, 5.74) is 12.6. The quantitative estimate of drug-likeness (QED) is 0.530. The van der Waals surface area contributed by atoms with Crippen molar-refractivity contribution >= 4 is 33.9 Å². The first-order chi connectivity index (χ1) is 15.0. The van der Waals surface area contributed by atoms with Crippen LogP contribution in [-0.2, 0) is 4.74 Å². The second-order valence-electron chi connectivity index (χ2n) is 8.04. The first-order valence-corrected chi connectivity index (χ1v) is 10.6. The Morgan fingerprint density at radius 3 is 2.68 bits per heavy atom. The van der Waals surface area contributed by atoms with E-state index in [4.69, 9.17) is 20.4 Å². The van der Waals surface area contributed by atoms with Gasteiger partial charge < -0.3 is 15.8 Å². The Morgan fingerprint density at radius 1 is 1.16 bits per heavy atom. The number of hydrogen-bond donors (Lipinski definition) is 2. The van der Waals surface area contributed by atoms with E-state index < -0.39 is 0 Å². The van der Waals surface area contributed by atoms with Gasteiger partial charge in [0, 0.05) is 13.2 Å². The Labute approximate surface area is 180 Å². The summed E-state index contributed by atoms with van der Waals surface area (Å²) in [6.45, 7) is 5.29. The van der Waals surface area contributed by atoms with Crippen molar-refractivity contribution < 1.29 is 9.53 Å². The third kappa shape index (κ3) is 3.31. The third-order valence-corrected chi connectivity index (χ3v) is 6.06. The maximum absolute atomic E-state index is 13.2. The zero-order valence-electron chi connectivity index (χ0n) is 17.7. The first-order valence-electron chi connectivity index (χ1n) is 10.6. The lowest BCUT2D eigenvalue weighted by molar-refractivity contribution is 0.0859. The number of aromatic nitrogens is 3. The zero-order valence-corrected chi connectivity index (χ0v) is 17.7. The molecule has 1 atom stereocenters. The lowest BCUT2D eigenvalue weighted by atomic mass is 10.1. The van der Waals surface area contributed by atoms with Crippen LogP contribution in [0.1, 0.15) is 34.3 Å². The van der Waals surface area contributed by atoms with E-state index in [1.54, 1.807) is 0 Å². The van der Waals surface area contributed by atoms with Crippen molar-refractivity contribution in [3.8, 4) is 5.69 Å². The number of anilines is 1. The number of fused-ring (bicyclic) bond motifs is 2. The topological polar surface area (TPSA) is 95.1 Å². The summed E-state index contributed by atoms with van der Waals surface area (Å²) in [6, 6.07) is 13.7. The molecule has 1 aliphatic heterocycles. The molecule has 31 heavy (non-hydrogen) atoms. The second kappa shape index (κ2) is 7.67. The van der Waals surface area contributed by atoms with Crippen molar-refractivity contribution in [1.82, 2.24) is 19.9 Å². The average molecular weight is 415 g/mol. The number of para-hydroxylation sites is 2. The summed E-state index contributed by atoms with van der Waals surface area (Å²) >= 11 is 0. The zero-order chi connectivity index (χ0) is 21.5. The normalized spacial score (nSPS) is 16.3. The lowest BCUT2D eigenvalue weighted by Gasteiger charge is -2.13. The molecule has 3 heterocycles. The van der Waals surface area contributed by atoms with E-state index >= 15 is 0 Å². The molecule has 3 N–H and O–H groups in total. The summed E-state index contributed by atoms with van der Waals surface area (Å²) in [6.07, 6.45) is 2.01. The minimum absolute atomic E-state index is 0.0458. The maximum atomic E-state index is 13.2. The summed E-state index contributed by atoms with van der Waals surface area (Å²) < 4.78 is 7.48. The van der Waals surface area contributed by atoms with Gasteiger partial charge in [-0.25, -0.2) is 9.97 Å². The summed E-state index contributed by atoms with van der Waals surface area (Å²) in [4.78, 5) is 22.9. The van der Waals surface area contributed by atoms with Gasteiger partial charge in [0.05, 0.1) is 22.8 Å². The molecule has 1 aliphatic rings. The molecule has 5 rings (SSSR count). The highest BCUT2D eigenvalue weighted by molar-refractivity contribution is 6.11. The molecule has 0 bridgehead atoms. The van der Waals surface area contributed by atoms with Crippen LogP contribution in [0, 0.1) is 13.8 Å². The van der Waals surface area contributed by atoms with E-state index in [1.165, 1.54) is 0 Å². The minimum Gasteiger partial charge on any atom is -0.384 e. The molecule has 158 valence electrons. The molecule has 4 aromatic rings. The predicted octanol–water partition coefficient (Wildman–Crippen LogP) is 3.68. The van der Waals surface area contributed by atoms with Crippen LogP contribution in [0.2, 0.25) is 0 Å². The van der Waals surface area contributed by atoms with E-state index in [0.29, 0.717) is 29.1 Å². The van der Waals surface area contributed by atoms with Crippen LogP contribution in [0.15, 0.2) is 42.5 Å². The van der Waals surface area contributed by atoms with E-state index in [1.807, 2.05) is 47.9 Å². The van der Waals surface area contributed by atoms with Crippen molar-refractivity contribution in [1.29, 1.82) is 0 Å². The summed E-state index contributed by atoms with van der Waals surface area (Å²) in [5.74, 6) is 0.0792. The Balaban J connectivity index is 1.70. The molecule has 0 spiro atoms. The molecule has 1 fully saturated rings. The number of nitrogen functional groups attached to an aromatic ring is 1. The number of carbonyl (C=O) groups excluding carboxylic acids is 1. The van der Waals surface area contributed by atoms with Crippen molar-refractivity contribution in [2.45, 2.75) is 32.8 Å². The maximum Gasteiger partial charge on any atom is 0.257 e. The van der Waals surface area contributed by atoms with Crippen LogP contribution < -0.4 is 11.1 Å². The van der Waals surface area contributed by atoms with Crippen LogP contribution in [0.5, 0.6) is 0 Å². The van der Waals surface area contributed by atoms with Crippen LogP contribution >= 0.6 is 0 Å². The number of benzene rings is 2. The van der Waals surface area contributed by atoms with Gasteiger partial charge in [0.15, 0.2) is 5.65 Å². The highest BCUT2D eigenvalue weighted by atomic mass is 16.5. The smallest absolute Gasteiger partial charge is 0.257 e. The SMILES string of the molecule is Cc1cccc(-n2c(N)c(C(=O)NC[C@H]3CCCO3)c3nc4ccccc4nc32)c1C. The lowest BCUT2D eigenvalue weighted by Crippen LogP contribution is -2.32. The summed E-state index contributed by atoms with van der Waals surface area (Å²) in [5, 5.41) is 2.99. The van der Waals surface area contributed by atoms with Crippen LogP contribution in [0.3, 0.4) is 0 Å². The Morgan fingerprint density at radius 2 is 1.94 bits per heavy atom. The largest absolute Gasteiger partial charge is 0.384 e. The van der Waals surface area contributed by atoms with Gasteiger partial charge >= 0.3 is 0 Å². The van der Waals surface area contributed by atoms with Crippen LogP contribution in [-0.4, -0.2) is 39.7 Å². The molecule has 0 unspecified atom stereocenters. The summed E-state index contributed by atoms with van der Waals surface area (Å²) in [7, 11) is 0. The predicted molar refractivity (Wildman–Crippen MR) is 122 cm³/mol. The molecular formula is C24H25N5O2. The average Bonchev–Trinajstić information content (AvgIpc) is 3.38. The molecule has 1 amide bonds. The van der Waals surface area contributed by atoms with Crippen molar-refractivity contribution in [3.63, 3.8) is 0 Å². The third-order valence-electron chi connectivity index (χ3n) is 6.06. The van der Waals surface area contributed by atoms with Gasteiger partial charge in [0.2, 0.25) is 0 Å². The van der Waals surface area contributed by atoms with E-state index in [0.717, 1.165) is 47.3 Å². The fraction of sp³-hybridized carbons (Fsp3) is 0.292. The van der Waals surface area contributed by atoms with Gasteiger partial charge in [-0.05, 0) is 56.0 Å². The second-order valence-corrected chi connectivity index (χ2v) is 8.04. The molecule has 0 saturated carbocycles. The number of ether oxygens (including phenoxy) is 1. The van der Waals surface area contributed by atoms with E-state index in [2.05, 4.69) is 18.3 Å². The van der Waals surface area contributed by atoms with Gasteiger partial charge in [-0.2, -0.15) is 0 Å². The van der Waals surface area contributed by atoms with Gasteiger partial charge in [-0.15, -0.1) is 0 Å². The van der Waals surface area contributed by atoms with E-state index in [9.17, 15) is 4.79 Å². The van der Waals surface area contributed by atoms with Crippen LogP contribution in [0.4, 0.5) is 5.82 Å². The minimum atomic E-state index is -0.258. The number of hydrogen-bond acceptors (Lipinski definition) is 5. The number of rotatable bonds is 4.